The summed E-state index contributed by atoms with van der Waals surface area (Å²) < 4.78 is 2.04. The second-order valence-electron chi connectivity index (χ2n) is 7.20. The van der Waals surface area contributed by atoms with Gasteiger partial charge in [0.2, 0.25) is 11.8 Å². The van der Waals surface area contributed by atoms with Crippen molar-refractivity contribution in [1.29, 1.82) is 0 Å². The molecule has 0 saturated heterocycles. The molecule has 0 aliphatic carbocycles. The third-order valence-corrected chi connectivity index (χ3v) is 4.27. The van der Waals surface area contributed by atoms with Crippen LogP contribution >= 0.6 is 0 Å². The average Bonchev–Trinajstić information content (AvgIpc) is 2.95. The summed E-state index contributed by atoms with van der Waals surface area (Å²) in [6.45, 7) is 10.5. The fourth-order valence-electron chi connectivity index (χ4n) is 2.83. The van der Waals surface area contributed by atoms with E-state index in [0.29, 0.717) is 32.0 Å². The molecule has 0 N–H and O–H groups in total. The lowest BCUT2D eigenvalue weighted by atomic mass is 10.2. The summed E-state index contributed by atoms with van der Waals surface area (Å²) in [5, 5.41) is 0. The normalized spacial score (nSPS) is 11.0. The summed E-state index contributed by atoms with van der Waals surface area (Å²) in [5.41, 5.74) is 1.11. The summed E-state index contributed by atoms with van der Waals surface area (Å²) in [6.07, 6.45) is 5.27. The van der Waals surface area contributed by atoms with Crippen LogP contribution in [0.15, 0.2) is 18.3 Å². The quantitative estimate of drug-likeness (QED) is 0.614. The van der Waals surface area contributed by atoms with Gasteiger partial charge in [-0.05, 0) is 30.9 Å². The van der Waals surface area contributed by atoms with Gasteiger partial charge in [0.25, 0.3) is 0 Å². The molecule has 1 heterocycles. The van der Waals surface area contributed by atoms with Crippen LogP contribution in [-0.4, -0.2) is 45.8 Å². The number of hydrogen-bond donors (Lipinski definition) is 0. The molecule has 5 nitrogen and oxygen atoms in total. The zero-order valence-electron chi connectivity index (χ0n) is 16.6. The highest BCUT2D eigenvalue weighted by atomic mass is 16.2. The fraction of sp³-hybridized carbons (Fsp3) is 0.700. The summed E-state index contributed by atoms with van der Waals surface area (Å²) in [4.78, 5) is 28.9. The van der Waals surface area contributed by atoms with Crippen LogP contribution in [-0.2, 0) is 23.2 Å². The van der Waals surface area contributed by atoms with E-state index in [9.17, 15) is 9.59 Å². The minimum absolute atomic E-state index is 0.0375. The van der Waals surface area contributed by atoms with Gasteiger partial charge in [0.05, 0.1) is 13.1 Å². The highest BCUT2D eigenvalue weighted by Crippen LogP contribution is 2.10. The Morgan fingerprint density at radius 1 is 1.12 bits per heavy atom. The molecule has 0 spiro atoms. The maximum absolute atomic E-state index is 12.9. The smallest absolute Gasteiger partial charge is 0.242 e. The molecular formula is C20H35N3O2. The Balaban J connectivity index is 2.82. The van der Waals surface area contributed by atoms with Gasteiger partial charge in [-0.2, -0.15) is 0 Å². The molecule has 1 aromatic heterocycles. The third kappa shape index (κ3) is 7.32. The molecule has 1 aromatic rings. The number of aryl methyl sites for hydroxylation is 1. The topological polar surface area (TPSA) is 45.6 Å². The molecule has 0 aromatic carbocycles. The van der Waals surface area contributed by atoms with E-state index < -0.39 is 0 Å². The van der Waals surface area contributed by atoms with Gasteiger partial charge in [0.15, 0.2) is 0 Å². The van der Waals surface area contributed by atoms with Crippen LogP contribution in [0.4, 0.5) is 0 Å². The van der Waals surface area contributed by atoms with Gasteiger partial charge in [-0.3, -0.25) is 9.59 Å². The zero-order chi connectivity index (χ0) is 18.8. The van der Waals surface area contributed by atoms with Crippen molar-refractivity contribution in [1.82, 2.24) is 14.4 Å². The fourth-order valence-corrected chi connectivity index (χ4v) is 2.83. The highest BCUT2D eigenvalue weighted by molar-refractivity contribution is 5.84. The van der Waals surface area contributed by atoms with Crippen LogP contribution < -0.4 is 0 Å². The number of nitrogens with zero attached hydrogens (tertiary/aromatic N) is 3. The Kier molecular flexibility index (Phi) is 9.32. The minimum Gasteiger partial charge on any atom is -0.353 e. The maximum atomic E-state index is 12.9. The molecule has 25 heavy (non-hydrogen) atoms. The van der Waals surface area contributed by atoms with Crippen LogP contribution in [0.3, 0.4) is 0 Å². The van der Waals surface area contributed by atoms with Crippen molar-refractivity contribution in [3.63, 3.8) is 0 Å². The van der Waals surface area contributed by atoms with Gasteiger partial charge in [-0.25, -0.2) is 0 Å². The first-order valence-corrected chi connectivity index (χ1v) is 9.54. The van der Waals surface area contributed by atoms with E-state index in [4.69, 9.17) is 0 Å². The van der Waals surface area contributed by atoms with E-state index in [0.717, 1.165) is 25.0 Å². The van der Waals surface area contributed by atoms with Crippen molar-refractivity contribution in [2.45, 2.75) is 59.9 Å². The van der Waals surface area contributed by atoms with Gasteiger partial charge in [0.1, 0.15) is 0 Å². The second kappa shape index (κ2) is 11.0. The number of carbonyl (C=O) groups excluding carboxylic acids is 2. The van der Waals surface area contributed by atoms with E-state index in [1.54, 1.807) is 4.90 Å². The molecule has 2 amide bonds. The van der Waals surface area contributed by atoms with Crippen LogP contribution in [0.5, 0.6) is 0 Å². The Morgan fingerprint density at radius 3 is 2.36 bits per heavy atom. The Hall–Kier alpha value is -1.78. The zero-order valence-corrected chi connectivity index (χ0v) is 16.6. The Bertz CT molecular complexity index is 537. The number of aromatic nitrogens is 1. The summed E-state index contributed by atoms with van der Waals surface area (Å²) in [5.74, 6) is 0.516. The molecule has 1 rings (SSSR count). The van der Waals surface area contributed by atoms with Gasteiger partial charge in [-0.15, -0.1) is 0 Å². The van der Waals surface area contributed by atoms with Crippen LogP contribution in [0.25, 0.3) is 0 Å². The van der Waals surface area contributed by atoms with Gasteiger partial charge in [0, 0.05) is 38.4 Å². The van der Waals surface area contributed by atoms with Crippen molar-refractivity contribution in [3.8, 4) is 0 Å². The monoisotopic (exact) mass is 349 g/mol. The number of amides is 2. The molecule has 5 heteroatoms. The van der Waals surface area contributed by atoms with E-state index in [2.05, 4.69) is 20.8 Å². The van der Waals surface area contributed by atoms with E-state index in [1.165, 1.54) is 0 Å². The van der Waals surface area contributed by atoms with E-state index in [-0.39, 0.29) is 18.4 Å². The van der Waals surface area contributed by atoms with Crippen LogP contribution in [0, 0.1) is 5.92 Å². The molecule has 142 valence electrons. The first-order chi connectivity index (χ1) is 11.9. The molecule has 0 saturated carbocycles. The van der Waals surface area contributed by atoms with E-state index in [1.807, 2.05) is 41.8 Å². The average molecular weight is 350 g/mol. The largest absolute Gasteiger partial charge is 0.353 e. The van der Waals surface area contributed by atoms with Crippen LogP contribution in [0.1, 0.15) is 59.1 Å². The predicted octanol–water partition coefficient (Wildman–Crippen LogP) is 3.44. The van der Waals surface area contributed by atoms with Crippen molar-refractivity contribution < 1.29 is 9.59 Å². The van der Waals surface area contributed by atoms with Crippen LogP contribution in [0.2, 0.25) is 0 Å². The minimum atomic E-state index is 0.0375. The van der Waals surface area contributed by atoms with Crippen molar-refractivity contribution in [2.24, 2.45) is 13.0 Å². The van der Waals surface area contributed by atoms with Crippen molar-refractivity contribution in [3.05, 3.63) is 24.0 Å². The maximum Gasteiger partial charge on any atom is 0.242 e. The Morgan fingerprint density at radius 2 is 1.84 bits per heavy atom. The highest BCUT2D eigenvalue weighted by Gasteiger charge is 2.22. The second-order valence-corrected chi connectivity index (χ2v) is 7.20. The van der Waals surface area contributed by atoms with E-state index >= 15 is 0 Å². The number of hydrogen-bond acceptors (Lipinski definition) is 2. The lowest BCUT2D eigenvalue weighted by molar-refractivity contribution is -0.141. The first-order valence-electron chi connectivity index (χ1n) is 9.54. The molecule has 0 aliphatic rings. The Labute approximate surface area is 153 Å². The molecular weight excluding hydrogens is 314 g/mol. The summed E-state index contributed by atoms with van der Waals surface area (Å²) >= 11 is 0. The molecule has 0 fully saturated rings. The summed E-state index contributed by atoms with van der Waals surface area (Å²) in [7, 11) is 1.99. The molecule has 0 radical (unpaired) electrons. The molecule has 0 unspecified atom stereocenters. The van der Waals surface area contributed by atoms with Gasteiger partial charge in [-0.1, -0.05) is 34.1 Å². The molecule has 0 atom stereocenters. The van der Waals surface area contributed by atoms with Crippen molar-refractivity contribution in [2.75, 3.05) is 19.6 Å². The molecule has 0 bridgehead atoms. The van der Waals surface area contributed by atoms with Gasteiger partial charge < -0.3 is 14.4 Å². The number of unbranched alkanes of at least 4 members (excludes halogenated alkanes) is 1. The lowest BCUT2D eigenvalue weighted by Gasteiger charge is -2.29. The third-order valence-electron chi connectivity index (χ3n) is 4.27. The summed E-state index contributed by atoms with van der Waals surface area (Å²) in [6, 6.07) is 4.03. The SMILES string of the molecule is CCCCN(CC(=O)N(Cc1cccn1C)CC(C)C)C(=O)CCC. The first kappa shape index (κ1) is 21.3. The van der Waals surface area contributed by atoms with Crippen molar-refractivity contribution >= 4 is 11.8 Å². The molecule has 0 aliphatic heterocycles. The lowest BCUT2D eigenvalue weighted by Crippen LogP contribution is -2.44. The van der Waals surface area contributed by atoms with Gasteiger partial charge >= 0.3 is 0 Å². The number of rotatable bonds is 11. The number of carbonyl (C=O) groups is 2. The standard InChI is InChI=1S/C20H35N3O2/c1-6-8-13-22(19(24)10-7-2)16-20(25)23(14-17(3)4)15-18-11-9-12-21(18)5/h9,11-12,17H,6-8,10,13-16H2,1-5H3. The predicted molar refractivity (Wildman–Crippen MR) is 102 cm³/mol.